The highest BCUT2D eigenvalue weighted by atomic mass is 15.4. The van der Waals surface area contributed by atoms with Gasteiger partial charge in [-0.2, -0.15) is 0 Å². The number of aromatic nitrogens is 5. The Bertz CT molecular complexity index is 802. The number of hydrogen-bond donors (Lipinski definition) is 1. The first-order valence-electron chi connectivity index (χ1n) is 7.21. The zero-order valence-corrected chi connectivity index (χ0v) is 11.9. The Balaban J connectivity index is 1.89. The van der Waals surface area contributed by atoms with Gasteiger partial charge in [0.1, 0.15) is 0 Å². The Hall–Kier alpha value is -2.44. The molecule has 1 fully saturated rings. The molecule has 7 nitrogen and oxygen atoms in total. The average molecular weight is 283 g/mol. The van der Waals surface area contributed by atoms with Gasteiger partial charge in [0.05, 0.1) is 17.8 Å². The van der Waals surface area contributed by atoms with E-state index in [4.69, 9.17) is 0 Å². The number of anilines is 1. The lowest BCUT2D eigenvalue weighted by Gasteiger charge is -2.23. The van der Waals surface area contributed by atoms with E-state index in [-0.39, 0.29) is 6.04 Å². The molecule has 0 bridgehead atoms. The van der Waals surface area contributed by atoms with E-state index in [0.717, 1.165) is 42.1 Å². The Morgan fingerprint density at radius 2 is 2.38 bits per heavy atom. The van der Waals surface area contributed by atoms with Crippen LogP contribution in [0, 0.1) is 0 Å². The van der Waals surface area contributed by atoms with Crippen molar-refractivity contribution in [2.75, 3.05) is 11.4 Å². The summed E-state index contributed by atoms with van der Waals surface area (Å²) in [6.45, 7) is 6.74. The Labute approximate surface area is 121 Å². The first-order valence-corrected chi connectivity index (χ1v) is 7.21. The van der Waals surface area contributed by atoms with Gasteiger partial charge in [-0.05, 0) is 25.6 Å². The fourth-order valence-electron chi connectivity index (χ4n) is 3.20. The number of H-pyrrole nitrogens is 1. The number of aromatic amines is 1. The van der Waals surface area contributed by atoms with Crippen molar-refractivity contribution in [2.24, 2.45) is 4.99 Å². The van der Waals surface area contributed by atoms with Crippen LogP contribution in [0.2, 0.25) is 0 Å². The summed E-state index contributed by atoms with van der Waals surface area (Å²) in [4.78, 5) is 14.0. The van der Waals surface area contributed by atoms with Crippen molar-refractivity contribution in [2.45, 2.75) is 31.8 Å². The normalized spacial score (nSPS) is 22.4. The van der Waals surface area contributed by atoms with Crippen molar-refractivity contribution in [3.63, 3.8) is 0 Å². The Morgan fingerprint density at radius 3 is 3.19 bits per heavy atom. The van der Waals surface area contributed by atoms with Gasteiger partial charge in [-0.15, -0.1) is 10.2 Å². The van der Waals surface area contributed by atoms with Gasteiger partial charge in [-0.1, -0.05) is 6.92 Å². The molecule has 21 heavy (non-hydrogen) atoms. The molecule has 108 valence electrons. The summed E-state index contributed by atoms with van der Waals surface area (Å²) in [5.41, 5.74) is 2.61. The molecule has 0 spiro atoms. The molecule has 1 N–H and O–H groups in total. The maximum Gasteiger partial charge on any atom is 0.232 e. The average Bonchev–Trinajstić information content (AvgIpc) is 3.22. The molecule has 0 unspecified atom stereocenters. The molecular formula is C14H17N7. The minimum atomic E-state index is 0.269. The molecule has 2 atom stereocenters. The number of nitrogens with zero attached hydrogens (tertiary/aromatic N) is 6. The second kappa shape index (κ2) is 4.54. The molecule has 1 aliphatic rings. The molecule has 0 amide bonds. The second-order valence-corrected chi connectivity index (χ2v) is 5.45. The summed E-state index contributed by atoms with van der Waals surface area (Å²) in [6.07, 6.45) is 5.71. The van der Waals surface area contributed by atoms with Gasteiger partial charge in [0.25, 0.3) is 0 Å². The quantitative estimate of drug-likeness (QED) is 0.742. The molecule has 3 aromatic heterocycles. The summed E-state index contributed by atoms with van der Waals surface area (Å²) in [7, 11) is 0. The molecule has 4 rings (SSSR count). The van der Waals surface area contributed by atoms with E-state index < -0.39 is 0 Å². The van der Waals surface area contributed by atoms with Crippen molar-refractivity contribution in [1.29, 1.82) is 0 Å². The van der Waals surface area contributed by atoms with Crippen molar-refractivity contribution in [1.82, 2.24) is 24.6 Å². The third-order valence-electron chi connectivity index (χ3n) is 4.30. The van der Waals surface area contributed by atoms with Crippen molar-refractivity contribution < 1.29 is 0 Å². The van der Waals surface area contributed by atoms with Gasteiger partial charge in [-0.3, -0.25) is 9.39 Å². The van der Waals surface area contributed by atoms with E-state index in [0.29, 0.717) is 6.04 Å². The van der Waals surface area contributed by atoms with Gasteiger partial charge >= 0.3 is 0 Å². The van der Waals surface area contributed by atoms with Crippen molar-refractivity contribution >= 4 is 29.5 Å². The zero-order valence-electron chi connectivity index (χ0n) is 11.9. The maximum atomic E-state index is 4.40. The van der Waals surface area contributed by atoms with Crippen LogP contribution in [0.25, 0.3) is 16.8 Å². The number of nitrogens with one attached hydrogen (secondary N) is 1. The monoisotopic (exact) mass is 283 g/mol. The van der Waals surface area contributed by atoms with Crippen LogP contribution in [0.3, 0.4) is 0 Å². The van der Waals surface area contributed by atoms with E-state index in [1.165, 1.54) is 0 Å². The van der Waals surface area contributed by atoms with E-state index in [2.05, 4.69) is 48.1 Å². The maximum absolute atomic E-state index is 4.40. The fourth-order valence-corrected chi connectivity index (χ4v) is 3.20. The highest BCUT2D eigenvalue weighted by molar-refractivity contribution is 5.76. The molecule has 3 aromatic rings. The van der Waals surface area contributed by atoms with Crippen molar-refractivity contribution in [3.05, 3.63) is 18.5 Å². The second-order valence-electron chi connectivity index (χ2n) is 5.45. The lowest BCUT2D eigenvalue weighted by molar-refractivity contribution is 0.618. The largest absolute Gasteiger partial charge is 0.345 e. The standard InChI is InChI=1S/C14H17N7/c1-3-10-6-9(15-2)8-20(10)14-19-18-12-7-17-13-11(21(12)14)4-5-16-13/h4-5,7,9-10,16H,2-3,6,8H2,1H3/t9-,10+/m0/s1. The van der Waals surface area contributed by atoms with Crippen LogP contribution in [0.5, 0.6) is 0 Å². The number of fused-ring (bicyclic) bond motifs is 3. The van der Waals surface area contributed by atoms with Crippen LogP contribution in [0.4, 0.5) is 5.95 Å². The molecule has 0 aliphatic carbocycles. The van der Waals surface area contributed by atoms with E-state index in [1.54, 1.807) is 6.20 Å². The summed E-state index contributed by atoms with van der Waals surface area (Å²) in [6, 6.07) is 2.70. The SMILES string of the molecule is C=N[C@H]1C[C@@H](CC)N(c2nnc3cnc4[nH]ccc4n23)C1. The molecule has 0 aromatic carbocycles. The van der Waals surface area contributed by atoms with Crippen LogP contribution in [-0.2, 0) is 0 Å². The lowest BCUT2D eigenvalue weighted by atomic mass is 10.1. The van der Waals surface area contributed by atoms with E-state index >= 15 is 0 Å². The van der Waals surface area contributed by atoms with Crippen LogP contribution in [-0.4, -0.2) is 49.9 Å². The third-order valence-corrected chi connectivity index (χ3v) is 4.30. The predicted octanol–water partition coefficient (Wildman–Crippen LogP) is 1.66. The molecular weight excluding hydrogens is 266 g/mol. The van der Waals surface area contributed by atoms with Gasteiger partial charge in [-0.25, -0.2) is 4.98 Å². The van der Waals surface area contributed by atoms with E-state index in [1.807, 2.05) is 12.3 Å². The molecule has 1 aliphatic heterocycles. The van der Waals surface area contributed by atoms with Gasteiger partial charge in [0.2, 0.25) is 5.95 Å². The van der Waals surface area contributed by atoms with Gasteiger partial charge in [0.15, 0.2) is 11.3 Å². The molecule has 1 saturated heterocycles. The highest BCUT2D eigenvalue weighted by Gasteiger charge is 2.33. The fraction of sp³-hybridized carbons (Fsp3) is 0.429. The minimum absolute atomic E-state index is 0.269. The highest BCUT2D eigenvalue weighted by Crippen LogP contribution is 2.29. The van der Waals surface area contributed by atoms with Crippen LogP contribution < -0.4 is 4.90 Å². The molecule has 4 heterocycles. The van der Waals surface area contributed by atoms with Crippen LogP contribution >= 0.6 is 0 Å². The summed E-state index contributed by atoms with van der Waals surface area (Å²) in [5.74, 6) is 0.870. The molecule has 0 saturated carbocycles. The summed E-state index contributed by atoms with van der Waals surface area (Å²) >= 11 is 0. The Kier molecular flexibility index (Phi) is 2.66. The molecule has 7 heteroatoms. The van der Waals surface area contributed by atoms with E-state index in [9.17, 15) is 0 Å². The third kappa shape index (κ3) is 1.73. The summed E-state index contributed by atoms with van der Waals surface area (Å²) in [5, 5.41) is 8.66. The molecule has 0 radical (unpaired) electrons. The van der Waals surface area contributed by atoms with Gasteiger partial charge in [0, 0.05) is 18.8 Å². The Morgan fingerprint density at radius 1 is 1.48 bits per heavy atom. The first-order chi connectivity index (χ1) is 10.3. The smallest absolute Gasteiger partial charge is 0.232 e. The number of aliphatic imine (C=N–C) groups is 1. The predicted molar refractivity (Wildman–Crippen MR) is 82.0 cm³/mol. The lowest BCUT2D eigenvalue weighted by Crippen LogP contribution is -2.30. The number of hydrogen-bond acceptors (Lipinski definition) is 5. The topological polar surface area (TPSA) is 74.5 Å². The van der Waals surface area contributed by atoms with Crippen LogP contribution in [0.15, 0.2) is 23.5 Å². The minimum Gasteiger partial charge on any atom is -0.345 e. The first kappa shape index (κ1) is 12.3. The van der Waals surface area contributed by atoms with Crippen molar-refractivity contribution in [3.8, 4) is 0 Å². The van der Waals surface area contributed by atoms with Crippen LogP contribution in [0.1, 0.15) is 19.8 Å². The summed E-state index contributed by atoms with van der Waals surface area (Å²) < 4.78 is 2.06. The zero-order chi connectivity index (χ0) is 14.4. The van der Waals surface area contributed by atoms with Gasteiger partial charge < -0.3 is 9.88 Å². The number of rotatable bonds is 3.